The Morgan fingerprint density at radius 2 is 1.47 bits per heavy atom. The standard InChI is InChI=1S/C29H35O2Si/c1-21(17-18-30)27-23(3)28(29(4,5)6)22(2)19-24(27)20-31-32(25-13-9-7-10-14-25)26-15-11-8-12-16-26/h7-17,19,30H,18,20H2,1-6H3. The molecule has 0 heterocycles. The van der Waals surface area contributed by atoms with Gasteiger partial charge in [0, 0.05) is 0 Å². The second-order valence-corrected chi connectivity index (χ2v) is 11.5. The van der Waals surface area contributed by atoms with E-state index in [4.69, 9.17) is 4.43 Å². The highest BCUT2D eigenvalue weighted by atomic mass is 28.3. The number of rotatable bonds is 7. The van der Waals surface area contributed by atoms with Crippen LogP contribution in [0.2, 0.25) is 0 Å². The summed E-state index contributed by atoms with van der Waals surface area (Å²) in [4.78, 5) is 0. The first-order valence-electron chi connectivity index (χ1n) is 11.3. The van der Waals surface area contributed by atoms with Crippen LogP contribution in [0.3, 0.4) is 0 Å². The summed E-state index contributed by atoms with van der Waals surface area (Å²) in [5.41, 5.74) is 7.49. The monoisotopic (exact) mass is 443 g/mol. The molecule has 0 aliphatic heterocycles. The molecule has 0 atom stereocenters. The van der Waals surface area contributed by atoms with Gasteiger partial charge >= 0.3 is 0 Å². The molecule has 3 aromatic rings. The molecule has 0 aromatic heterocycles. The maximum atomic E-state index is 9.58. The zero-order chi connectivity index (χ0) is 23.3. The van der Waals surface area contributed by atoms with Crippen LogP contribution >= 0.6 is 0 Å². The van der Waals surface area contributed by atoms with Crippen LogP contribution in [0.5, 0.6) is 0 Å². The Bertz CT molecular complexity index is 1020. The van der Waals surface area contributed by atoms with Gasteiger partial charge in [-0.2, -0.15) is 0 Å². The summed E-state index contributed by atoms with van der Waals surface area (Å²) in [7, 11) is -1.38. The first-order valence-corrected chi connectivity index (χ1v) is 12.7. The van der Waals surface area contributed by atoms with Crippen molar-refractivity contribution in [3.05, 3.63) is 101 Å². The van der Waals surface area contributed by atoms with Crippen LogP contribution in [-0.4, -0.2) is 20.8 Å². The lowest BCUT2D eigenvalue weighted by Crippen LogP contribution is -2.44. The van der Waals surface area contributed by atoms with Gasteiger partial charge in [0.05, 0.1) is 13.2 Å². The van der Waals surface area contributed by atoms with Crippen molar-refractivity contribution in [2.45, 2.75) is 53.6 Å². The Labute approximate surface area is 195 Å². The largest absolute Gasteiger partial charge is 0.403 e. The fraction of sp³-hybridized carbons (Fsp3) is 0.310. The second kappa shape index (κ2) is 10.4. The minimum atomic E-state index is -1.38. The molecule has 0 saturated heterocycles. The molecule has 3 heteroatoms. The van der Waals surface area contributed by atoms with Crippen LogP contribution in [-0.2, 0) is 16.4 Å². The van der Waals surface area contributed by atoms with Gasteiger partial charge in [-0.1, -0.05) is 93.6 Å². The minimum absolute atomic E-state index is 0.0351. The van der Waals surface area contributed by atoms with Crippen molar-refractivity contribution in [1.29, 1.82) is 0 Å². The normalized spacial score (nSPS) is 12.4. The van der Waals surface area contributed by atoms with E-state index in [0.29, 0.717) is 6.61 Å². The van der Waals surface area contributed by atoms with Crippen molar-refractivity contribution in [2.24, 2.45) is 0 Å². The predicted molar refractivity (Wildman–Crippen MR) is 138 cm³/mol. The van der Waals surface area contributed by atoms with Crippen molar-refractivity contribution in [1.82, 2.24) is 0 Å². The molecule has 3 aromatic carbocycles. The van der Waals surface area contributed by atoms with Crippen LogP contribution in [0.1, 0.15) is 55.5 Å². The maximum Gasteiger partial charge on any atom is 0.283 e. The summed E-state index contributed by atoms with van der Waals surface area (Å²) < 4.78 is 6.72. The molecule has 0 unspecified atom stereocenters. The van der Waals surface area contributed by atoms with Crippen LogP contribution in [0, 0.1) is 13.8 Å². The van der Waals surface area contributed by atoms with Crippen LogP contribution in [0.15, 0.2) is 72.8 Å². The average Bonchev–Trinajstić information content (AvgIpc) is 2.74. The highest BCUT2D eigenvalue weighted by molar-refractivity contribution is 6.80. The summed E-state index contributed by atoms with van der Waals surface area (Å²) in [5.74, 6) is 0. The quantitative estimate of drug-likeness (QED) is 0.501. The van der Waals surface area contributed by atoms with Gasteiger partial charge in [0.2, 0.25) is 0 Å². The van der Waals surface area contributed by atoms with E-state index in [9.17, 15) is 5.11 Å². The molecule has 2 nitrogen and oxygen atoms in total. The molecule has 0 spiro atoms. The third kappa shape index (κ3) is 5.47. The average molecular weight is 444 g/mol. The van der Waals surface area contributed by atoms with Gasteiger partial charge in [-0.15, -0.1) is 0 Å². The van der Waals surface area contributed by atoms with Crippen LogP contribution in [0.4, 0.5) is 0 Å². The number of aryl methyl sites for hydroxylation is 1. The lowest BCUT2D eigenvalue weighted by Gasteiger charge is -2.28. The van der Waals surface area contributed by atoms with E-state index in [1.807, 2.05) is 18.2 Å². The van der Waals surface area contributed by atoms with Crippen molar-refractivity contribution in [2.75, 3.05) is 6.61 Å². The van der Waals surface area contributed by atoms with Gasteiger partial charge in [0.1, 0.15) is 0 Å². The fourth-order valence-corrected chi connectivity index (χ4v) is 6.74. The van der Waals surface area contributed by atoms with E-state index in [1.165, 1.54) is 38.2 Å². The van der Waals surface area contributed by atoms with Gasteiger partial charge in [-0.3, -0.25) is 0 Å². The Kier molecular flexibility index (Phi) is 7.89. The summed E-state index contributed by atoms with van der Waals surface area (Å²) in [6.07, 6.45) is 1.90. The lowest BCUT2D eigenvalue weighted by molar-refractivity contribution is 0.321. The van der Waals surface area contributed by atoms with Gasteiger partial charge in [0.15, 0.2) is 0 Å². The predicted octanol–water partition coefficient (Wildman–Crippen LogP) is 5.32. The van der Waals surface area contributed by atoms with Gasteiger partial charge < -0.3 is 9.53 Å². The third-order valence-electron chi connectivity index (χ3n) is 5.84. The van der Waals surface area contributed by atoms with Crippen molar-refractivity contribution in [3.8, 4) is 0 Å². The first-order chi connectivity index (χ1) is 15.2. The third-order valence-corrected chi connectivity index (χ3v) is 7.99. The van der Waals surface area contributed by atoms with Gasteiger partial charge in [0.25, 0.3) is 9.04 Å². The van der Waals surface area contributed by atoms with E-state index >= 15 is 0 Å². The molecule has 0 saturated carbocycles. The molecule has 0 aliphatic carbocycles. The highest BCUT2D eigenvalue weighted by Gasteiger charge is 2.25. The van der Waals surface area contributed by atoms with Crippen molar-refractivity contribution < 1.29 is 9.53 Å². The topological polar surface area (TPSA) is 29.5 Å². The first kappa shape index (κ1) is 24.2. The molecule has 167 valence electrons. The number of aliphatic hydroxyl groups excluding tert-OH is 1. The van der Waals surface area contributed by atoms with Gasteiger partial charge in [-0.25, -0.2) is 0 Å². The smallest absolute Gasteiger partial charge is 0.283 e. The van der Waals surface area contributed by atoms with E-state index in [1.54, 1.807) is 0 Å². The molecule has 32 heavy (non-hydrogen) atoms. The molecule has 1 radical (unpaired) electrons. The van der Waals surface area contributed by atoms with E-state index in [-0.39, 0.29) is 12.0 Å². The summed E-state index contributed by atoms with van der Waals surface area (Å²) in [6, 6.07) is 23.4. The molecule has 0 amide bonds. The highest BCUT2D eigenvalue weighted by Crippen LogP contribution is 2.36. The molecule has 0 bridgehead atoms. The zero-order valence-electron chi connectivity index (χ0n) is 20.2. The molecular weight excluding hydrogens is 408 g/mol. The van der Waals surface area contributed by atoms with Crippen molar-refractivity contribution in [3.63, 3.8) is 0 Å². The molecular formula is C29H35O2Si. The molecule has 0 fully saturated rings. The van der Waals surface area contributed by atoms with Gasteiger partial charge in [-0.05, 0) is 70.0 Å². The molecule has 0 aliphatic rings. The van der Waals surface area contributed by atoms with E-state index in [0.717, 1.165) is 5.57 Å². The number of allylic oxidation sites excluding steroid dienone is 1. The second-order valence-electron chi connectivity index (χ2n) is 9.40. The number of benzene rings is 3. The lowest BCUT2D eigenvalue weighted by atomic mass is 9.77. The zero-order valence-corrected chi connectivity index (χ0v) is 21.2. The van der Waals surface area contributed by atoms with Crippen LogP contribution < -0.4 is 10.4 Å². The van der Waals surface area contributed by atoms with E-state index in [2.05, 4.69) is 96.1 Å². The van der Waals surface area contributed by atoms with E-state index < -0.39 is 9.04 Å². The number of hydrogen-bond acceptors (Lipinski definition) is 2. The number of hydrogen-bond donors (Lipinski definition) is 1. The van der Waals surface area contributed by atoms with Crippen LogP contribution in [0.25, 0.3) is 5.57 Å². The SMILES string of the molecule is CC(=CCO)c1c(CO[Si](c2ccccc2)c2ccccc2)cc(C)c(C(C)(C)C)c1C. The maximum absolute atomic E-state index is 9.58. The Morgan fingerprint density at radius 1 is 0.938 bits per heavy atom. The summed E-state index contributed by atoms with van der Waals surface area (Å²) in [5, 5.41) is 12.1. The Morgan fingerprint density at radius 3 is 1.94 bits per heavy atom. The Balaban J connectivity index is 2.06. The fourth-order valence-electron chi connectivity index (χ4n) is 4.79. The Hall–Kier alpha value is -2.46. The molecule has 1 N–H and O–H groups in total. The van der Waals surface area contributed by atoms with Crippen molar-refractivity contribution >= 4 is 25.0 Å². The molecule has 3 rings (SSSR count). The summed E-state index contributed by atoms with van der Waals surface area (Å²) in [6.45, 7) is 13.9. The minimum Gasteiger partial charge on any atom is -0.403 e. The summed E-state index contributed by atoms with van der Waals surface area (Å²) >= 11 is 0. The number of aliphatic hydroxyl groups is 1.